The molecule has 4 atom stereocenters. The number of aliphatic carboxylic acids is 1. The molecule has 2 nitrogen and oxygen atoms in total. The molecule has 4 unspecified atom stereocenters. The lowest BCUT2D eigenvalue weighted by atomic mass is 9.84. The summed E-state index contributed by atoms with van der Waals surface area (Å²) in [6, 6.07) is 0. The van der Waals surface area contributed by atoms with Gasteiger partial charge in [-0.15, -0.1) is 0 Å². The Bertz CT molecular complexity index is 250. The minimum atomic E-state index is -0.659. The molecule has 0 saturated heterocycles. The minimum absolute atomic E-state index is 0.205. The summed E-state index contributed by atoms with van der Waals surface area (Å²) in [6.07, 6.45) is 10.0. The fourth-order valence-electron chi connectivity index (χ4n) is 3.31. The highest BCUT2D eigenvalue weighted by Gasteiger charge is 2.18. The van der Waals surface area contributed by atoms with Crippen LogP contribution >= 0.6 is 0 Å². The maximum atomic E-state index is 10.9. The van der Waals surface area contributed by atoms with Crippen molar-refractivity contribution in [3.05, 3.63) is 0 Å². The monoisotopic (exact) mass is 284 g/mol. The van der Waals surface area contributed by atoms with Crippen LogP contribution in [0.25, 0.3) is 0 Å². The lowest BCUT2D eigenvalue weighted by Gasteiger charge is -2.21. The molecular weight excluding hydrogens is 248 g/mol. The Morgan fingerprint density at radius 1 is 0.850 bits per heavy atom. The van der Waals surface area contributed by atoms with Crippen LogP contribution in [0.15, 0.2) is 0 Å². The third kappa shape index (κ3) is 10.3. The second-order valence-electron chi connectivity index (χ2n) is 7.11. The number of rotatable bonds is 12. The number of unbranched alkanes of at least 4 members (excludes halogenated alkanes) is 3. The van der Waals surface area contributed by atoms with E-state index in [1.54, 1.807) is 0 Å². The van der Waals surface area contributed by atoms with E-state index in [1.807, 2.05) is 6.92 Å². The number of carbonyl (C=O) groups is 1. The van der Waals surface area contributed by atoms with Gasteiger partial charge in [-0.3, -0.25) is 4.79 Å². The Hall–Kier alpha value is -0.530. The van der Waals surface area contributed by atoms with Crippen LogP contribution in [0, 0.1) is 23.7 Å². The number of carboxylic acids is 1. The summed E-state index contributed by atoms with van der Waals surface area (Å²) in [5, 5.41) is 8.95. The van der Waals surface area contributed by atoms with Crippen molar-refractivity contribution in [2.45, 2.75) is 86.0 Å². The smallest absolute Gasteiger partial charge is 0.306 e. The van der Waals surface area contributed by atoms with Crippen molar-refractivity contribution in [2.24, 2.45) is 23.7 Å². The van der Waals surface area contributed by atoms with Gasteiger partial charge in [0.25, 0.3) is 0 Å². The highest BCUT2D eigenvalue weighted by Crippen LogP contribution is 2.26. The molecule has 0 aromatic carbocycles. The van der Waals surface area contributed by atoms with Crippen molar-refractivity contribution < 1.29 is 9.90 Å². The molecule has 0 fully saturated rings. The van der Waals surface area contributed by atoms with Gasteiger partial charge in [0, 0.05) is 0 Å². The van der Waals surface area contributed by atoms with Crippen LogP contribution in [0.2, 0.25) is 0 Å². The van der Waals surface area contributed by atoms with Gasteiger partial charge >= 0.3 is 5.97 Å². The molecule has 0 spiro atoms. The van der Waals surface area contributed by atoms with E-state index in [1.165, 1.54) is 38.5 Å². The fourth-order valence-corrected chi connectivity index (χ4v) is 3.31. The highest BCUT2D eigenvalue weighted by atomic mass is 16.4. The quantitative estimate of drug-likeness (QED) is 0.463. The van der Waals surface area contributed by atoms with Crippen LogP contribution < -0.4 is 0 Å². The Kier molecular flexibility index (Phi) is 10.9. The van der Waals surface area contributed by atoms with Crippen molar-refractivity contribution in [1.82, 2.24) is 0 Å². The third-order valence-corrected chi connectivity index (χ3v) is 4.34. The van der Waals surface area contributed by atoms with Gasteiger partial charge in [-0.05, 0) is 37.0 Å². The van der Waals surface area contributed by atoms with Gasteiger partial charge < -0.3 is 5.11 Å². The predicted molar refractivity (Wildman–Crippen MR) is 86.9 cm³/mol. The summed E-state index contributed by atoms with van der Waals surface area (Å²) < 4.78 is 0. The normalized spacial score (nSPS) is 17.4. The zero-order chi connectivity index (χ0) is 15.5. The van der Waals surface area contributed by atoms with Crippen LogP contribution in [0.3, 0.4) is 0 Å². The zero-order valence-electron chi connectivity index (χ0n) is 14.3. The molecule has 0 aromatic heterocycles. The molecule has 0 aliphatic rings. The number of carboxylic acid groups (broad SMARTS) is 1. The molecule has 0 rings (SSSR count). The molecule has 0 aliphatic heterocycles. The predicted octanol–water partition coefficient (Wildman–Crippen LogP) is 5.76. The molecule has 0 heterocycles. The summed E-state index contributed by atoms with van der Waals surface area (Å²) in [7, 11) is 0. The van der Waals surface area contributed by atoms with Crippen LogP contribution in [-0.4, -0.2) is 11.1 Å². The van der Waals surface area contributed by atoms with Crippen molar-refractivity contribution >= 4 is 5.97 Å². The van der Waals surface area contributed by atoms with Crippen LogP contribution in [0.5, 0.6) is 0 Å². The largest absolute Gasteiger partial charge is 0.481 e. The molecule has 0 aromatic rings. The van der Waals surface area contributed by atoms with Crippen LogP contribution in [0.4, 0.5) is 0 Å². The third-order valence-electron chi connectivity index (χ3n) is 4.34. The molecular formula is C18H36O2. The van der Waals surface area contributed by atoms with Crippen LogP contribution in [0.1, 0.15) is 86.0 Å². The highest BCUT2D eigenvalue weighted by molar-refractivity contribution is 5.69. The van der Waals surface area contributed by atoms with E-state index in [4.69, 9.17) is 5.11 Å². The molecule has 0 saturated carbocycles. The maximum Gasteiger partial charge on any atom is 0.306 e. The van der Waals surface area contributed by atoms with E-state index in [2.05, 4.69) is 27.7 Å². The SMILES string of the molecule is CCCCCCC(C)CC(C)CC(C)CC(C)C(=O)O. The molecule has 20 heavy (non-hydrogen) atoms. The fraction of sp³-hybridized carbons (Fsp3) is 0.944. The van der Waals surface area contributed by atoms with E-state index >= 15 is 0 Å². The second-order valence-corrected chi connectivity index (χ2v) is 7.11. The second kappa shape index (κ2) is 11.2. The van der Waals surface area contributed by atoms with Gasteiger partial charge in [-0.1, -0.05) is 66.7 Å². The van der Waals surface area contributed by atoms with Crippen molar-refractivity contribution in [3.8, 4) is 0 Å². The molecule has 120 valence electrons. The topological polar surface area (TPSA) is 37.3 Å². The van der Waals surface area contributed by atoms with Crippen molar-refractivity contribution in [3.63, 3.8) is 0 Å². The Labute approximate surface area is 126 Å². The summed E-state index contributed by atoms with van der Waals surface area (Å²) >= 11 is 0. The zero-order valence-corrected chi connectivity index (χ0v) is 14.3. The first-order valence-corrected chi connectivity index (χ1v) is 8.59. The number of hydrogen-bond acceptors (Lipinski definition) is 1. The first-order valence-electron chi connectivity index (χ1n) is 8.59. The van der Waals surface area contributed by atoms with E-state index in [-0.39, 0.29) is 5.92 Å². The van der Waals surface area contributed by atoms with E-state index < -0.39 is 5.97 Å². The molecule has 0 aliphatic carbocycles. The van der Waals surface area contributed by atoms with E-state index in [9.17, 15) is 4.79 Å². The summed E-state index contributed by atoms with van der Waals surface area (Å²) in [5.41, 5.74) is 0. The summed E-state index contributed by atoms with van der Waals surface area (Å²) in [6.45, 7) is 11.0. The van der Waals surface area contributed by atoms with E-state index in [0.717, 1.165) is 18.8 Å². The van der Waals surface area contributed by atoms with Crippen molar-refractivity contribution in [2.75, 3.05) is 0 Å². The standard InChI is InChI=1S/C18H36O2/c1-6-7-8-9-10-14(2)11-15(3)12-16(4)13-17(5)18(19)20/h14-17H,6-13H2,1-5H3,(H,19,20). The average molecular weight is 284 g/mol. The number of hydrogen-bond donors (Lipinski definition) is 1. The first-order chi connectivity index (χ1) is 9.36. The maximum absolute atomic E-state index is 10.9. The molecule has 1 N–H and O–H groups in total. The van der Waals surface area contributed by atoms with Crippen molar-refractivity contribution in [1.29, 1.82) is 0 Å². The van der Waals surface area contributed by atoms with E-state index in [0.29, 0.717) is 11.8 Å². The minimum Gasteiger partial charge on any atom is -0.481 e. The summed E-state index contributed by atoms with van der Waals surface area (Å²) in [5.74, 6) is 1.18. The first kappa shape index (κ1) is 19.5. The molecule has 0 amide bonds. The van der Waals surface area contributed by atoms with Gasteiger partial charge in [0.15, 0.2) is 0 Å². The molecule has 2 heteroatoms. The van der Waals surface area contributed by atoms with Gasteiger partial charge in [-0.25, -0.2) is 0 Å². The lowest BCUT2D eigenvalue weighted by Crippen LogP contribution is -2.15. The van der Waals surface area contributed by atoms with Gasteiger partial charge in [0.1, 0.15) is 0 Å². The lowest BCUT2D eigenvalue weighted by molar-refractivity contribution is -0.141. The Morgan fingerprint density at radius 3 is 1.95 bits per heavy atom. The van der Waals surface area contributed by atoms with Gasteiger partial charge in [0.2, 0.25) is 0 Å². The molecule has 0 radical (unpaired) electrons. The Morgan fingerprint density at radius 2 is 1.40 bits per heavy atom. The Balaban J connectivity index is 3.79. The molecule has 0 bridgehead atoms. The van der Waals surface area contributed by atoms with Gasteiger partial charge in [-0.2, -0.15) is 0 Å². The average Bonchev–Trinajstić information content (AvgIpc) is 2.33. The van der Waals surface area contributed by atoms with Crippen LogP contribution in [-0.2, 0) is 4.79 Å². The van der Waals surface area contributed by atoms with Gasteiger partial charge in [0.05, 0.1) is 5.92 Å². The summed E-state index contributed by atoms with van der Waals surface area (Å²) in [4.78, 5) is 10.9.